The number of anilines is 1. The Labute approximate surface area is 232 Å². The van der Waals surface area contributed by atoms with Crippen LogP contribution in [-0.2, 0) is 11.3 Å². The molecule has 1 N–H and O–H groups in total. The van der Waals surface area contributed by atoms with Crippen LogP contribution in [0.5, 0.6) is 0 Å². The van der Waals surface area contributed by atoms with Crippen LogP contribution < -0.4 is 5.32 Å². The van der Waals surface area contributed by atoms with Crippen LogP contribution in [0.3, 0.4) is 0 Å². The zero-order valence-corrected chi connectivity index (χ0v) is 23.6. The number of likely N-dealkylation sites (tertiary alicyclic amines) is 2. The first-order valence-corrected chi connectivity index (χ1v) is 15.7. The van der Waals surface area contributed by atoms with Crippen LogP contribution in [0.15, 0.2) is 41.8 Å². The first-order chi connectivity index (χ1) is 18.8. The van der Waals surface area contributed by atoms with Gasteiger partial charge in [-0.25, -0.2) is 4.98 Å². The highest BCUT2D eigenvalue weighted by Gasteiger charge is 2.25. The summed E-state index contributed by atoms with van der Waals surface area (Å²) in [5, 5.41) is 5.92. The summed E-state index contributed by atoms with van der Waals surface area (Å²) in [5.74, 6) is 0. The maximum Gasteiger partial charge on any atom is 0.0838 e. The lowest BCUT2D eigenvalue weighted by Crippen LogP contribution is -2.49. The molecule has 6 nitrogen and oxygen atoms in total. The van der Waals surface area contributed by atoms with Gasteiger partial charge in [0.15, 0.2) is 0 Å². The topological polar surface area (TPSA) is 43.9 Å². The van der Waals surface area contributed by atoms with Crippen LogP contribution in [0.4, 0.5) is 5.69 Å². The second kappa shape index (κ2) is 12.9. The summed E-state index contributed by atoms with van der Waals surface area (Å²) in [7, 11) is 0. The number of rotatable bonds is 9. The lowest BCUT2D eigenvalue weighted by atomic mass is 10.0. The van der Waals surface area contributed by atoms with Gasteiger partial charge in [0.1, 0.15) is 0 Å². The van der Waals surface area contributed by atoms with E-state index in [0.29, 0.717) is 0 Å². The Bertz CT molecular complexity index is 1140. The van der Waals surface area contributed by atoms with Crippen molar-refractivity contribution in [2.45, 2.75) is 51.1 Å². The number of aromatic nitrogens is 1. The number of thiophene rings is 1. The number of piperidine rings is 2. The van der Waals surface area contributed by atoms with Gasteiger partial charge in [-0.15, -0.1) is 11.3 Å². The molecule has 0 spiro atoms. The zero-order valence-electron chi connectivity index (χ0n) is 22.7. The minimum Gasteiger partial charge on any atom is -0.384 e. The van der Waals surface area contributed by atoms with E-state index in [-0.39, 0.29) is 0 Å². The predicted octanol–water partition coefficient (Wildman–Crippen LogP) is 5.55. The molecule has 2 aromatic heterocycles. The third-order valence-corrected chi connectivity index (χ3v) is 9.54. The van der Waals surface area contributed by atoms with Gasteiger partial charge in [0.25, 0.3) is 0 Å². The number of ether oxygens (including phenoxy) is 1. The molecule has 3 fully saturated rings. The Balaban J connectivity index is 1.02. The zero-order chi connectivity index (χ0) is 25.6. The molecule has 7 heteroatoms. The summed E-state index contributed by atoms with van der Waals surface area (Å²) >= 11 is 1.79. The molecular formula is C31H43N5OS. The molecule has 3 aliphatic heterocycles. The normalized spacial score (nSPS) is 20.7. The number of morpholine rings is 1. The van der Waals surface area contributed by atoms with Crippen molar-refractivity contribution in [2.24, 2.45) is 0 Å². The molecule has 38 heavy (non-hydrogen) atoms. The number of nitrogens with one attached hydrogen (secondary N) is 1. The quantitative estimate of drug-likeness (QED) is 0.364. The minimum absolute atomic E-state index is 0.759. The molecule has 204 valence electrons. The van der Waals surface area contributed by atoms with Crippen molar-refractivity contribution in [1.82, 2.24) is 19.7 Å². The average Bonchev–Trinajstić information content (AvgIpc) is 3.46. The molecule has 6 rings (SSSR count). The molecule has 1 aromatic carbocycles. The minimum atomic E-state index is 0.759. The fourth-order valence-corrected chi connectivity index (χ4v) is 7.19. The summed E-state index contributed by atoms with van der Waals surface area (Å²) in [4.78, 5) is 12.9. The number of pyridine rings is 1. The van der Waals surface area contributed by atoms with Gasteiger partial charge in [-0.3, -0.25) is 9.80 Å². The maximum absolute atomic E-state index is 5.53. The molecule has 0 bridgehead atoms. The fraction of sp³-hybridized carbons (Fsp3) is 0.581. The Kier molecular flexibility index (Phi) is 8.88. The number of hydrogen-bond donors (Lipinski definition) is 1. The SMILES string of the molecule is c1cc2nc(-c3ccc(CN4CCCCC4)cc3)cc(NCCCN3CCC(N4CCOCC4)CC3)c2s1. The van der Waals surface area contributed by atoms with Gasteiger partial charge in [0, 0.05) is 37.8 Å². The number of nitrogens with zero attached hydrogens (tertiary/aromatic N) is 4. The van der Waals surface area contributed by atoms with E-state index in [0.717, 1.165) is 63.1 Å². The van der Waals surface area contributed by atoms with Crippen molar-refractivity contribution in [3.05, 3.63) is 47.3 Å². The molecule has 3 aromatic rings. The van der Waals surface area contributed by atoms with Crippen LogP contribution in [0, 0.1) is 0 Å². The molecule has 0 amide bonds. The van der Waals surface area contributed by atoms with Crippen LogP contribution in [-0.4, -0.2) is 91.3 Å². The summed E-state index contributed by atoms with van der Waals surface area (Å²) in [5.41, 5.74) is 5.99. The molecule has 0 aliphatic carbocycles. The van der Waals surface area contributed by atoms with Gasteiger partial charge < -0.3 is 15.0 Å². The number of fused-ring (bicyclic) bond motifs is 1. The summed E-state index contributed by atoms with van der Waals surface area (Å²) < 4.78 is 6.80. The number of benzene rings is 1. The molecule has 5 heterocycles. The van der Waals surface area contributed by atoms with Crippen LogP contribution in [0.2, 0.25) is 0 Å². The van der Waals surface area contributed by atoms with E-state index >= 15 is 0 Å². The lowest BCUT2D eigenvalue weighted by molar-refractivity contribution is 0.000914. The van der Waals surface area contributed by atoms with Crippen molar-refractivity contribution < 1.29 is 4.74 Å². The first kappa shape index (κ1) is 26.2. The van der Waals surface area contributed by atoms with Gasteiger partial charge in [-0.1, -0.05) is 30.7 Å². The third-order valence-electron chi connectivity index (χ3n) is 8.60. The second-order valence-electron chi connectivity index (χ2n) is 11.2. The van der Waals surface area contributed by atoms with Gasteiger partial charge in [-0.2, -0.15) is 0 Å². The van der Waals surface area contributed by atoms with Crippen molar-refractivity contribution in [2.75, 3.05) is 70.9 Å². The third kappa shape index (κ3) is 6.57. The van der Waals surface area contributed by atoms with E-state index in [1.54, 1.807) is 11.3 Å². The van der Waals surface area contributed by atoms with Crippen molar-refractivity contribution in [3.8, 4) is 11.3 Å². The molecule has 0 atom stereocenters. The average molecular weight is 534 g/mol. The largest absolute Gasteiger partial charge is 0.384 e. The molecule has 3 aliphatic rings. The Hall–Kier alpha value is -2.03. The highest BCUT2D eigenvalue weighted by atomic mass is 32.1. The summed E-state index contributed by atoms with van der Waals surface area (Å²) in [6.07, 6.45) is 7.83. The molecule has 0 saturated carbocycles. The Morgan fingerprint density at radius 1 is 0.895 bits per heavy atom. The monoisotopic (exact) mass is 533 g/mol. The van der Waals surface area contributed by atoms with Crippen LogP contribution in [0.25, 0.3) is 21.5 Å². The van der Waals surface area contributed by atoms with Crippen molar-refractivity contribution in [3.63, 3.8) is 0 Å². The maximum atomic E-state index is 5.53. The van der Waals surface area contributed by atoms with Gasteiger partial charge in [0.2, 0.25) is 0 Å². The van der Waals surface area contributed by atoms with Crippen LogP contribution in [0.1, 0.15) is 44.1 Å². The highest BCUT2D eigenvalue weighted by Crippen LogP contribution is 2.32. The molecule has 0 radical (unpaired) electrons. The van der Waals surface area contributed by atoms with E-state index in [1.807, 2.05) is 0 Å². The van der Waals surface area contributed by atoms with Gasteiger partial charge >= 0.3 is 0 Å². The second-order valence-corrected chi connectivity index (χ2v) is 12.1. The van der Waals surface area contributed by atoms with E-state index < -0.39 is 0 Å². The highest BCUT2D eigenvalue weighted by molar-refractivity contribution is 7.17. The van der Waals surface area contributed by atoms with Gasteiger partial charge in [0.05, 0.1) is 34.8 Å². The Morgan fingerprint density at radius 3 is 2.47 bits per heavy atom. The van der Waals surface area contributed by atoms with E-state index in [2.05, 4.69) is 61.8 Å². The summed E-state index contributed by atoms with van der Waals surface area (Å²) in [6.45, 7) is 12.2. The van der Waals surface area contributed by atoms with E-state index in [4.69, 9.17) is 9.72 Å². The number of hydrogen-bond acceptors (Lipinski definition) is 7. The van der Waals surface area contributed by atoms with Crippen molar-refractivity contribution in [1.29, 1.82) is 0 Å². The smallest absolute Gasteiger partial charge is 0.0838 e. The lowest BCUT2D eigenvalue weighted by Gasteiger charge is -2.40. The summed E-state index contributed by atoms with van der Waals surface area (Å²) in [6, 6.07) is 14.3. The molecule has 0 unspecified atom stereocenters. The first-order valence-electron chi connectivity index (χ1n) is 14.8. The van der Waals surface area contributed by atoms with E-state index in [1.165, 1.54) is 86.3 Å². The predicted molar refractivity (Wildman–Crippen MR) is 159 cm³/mol. The van der Waals surface area contributed by atoms with Gasteiger partial charge in [-0.05, 0) is 87.9 Å². The van der Waals surface area contributed by atoms with E-state index in [9.17, 15) is 0 Å². The van der Waals surface area contributed by atoms with Crippen molar-refractivity contribution >= 4 is 27.2 Å². The fourth-order valence-electron chi connectivity index (χ4n) is 6.37. The molecule has 3 saturated heterocycles. The Morgan fingerprint density at radius 2 is 1.68 bits per heavy atom. The van der Waals surface area contributed by atoms with Crippen LogP contribution >= 0.6 is 11.3 Å². The molecular weight excluding hydrogens is 490 g/mol. The standard InChI is InChI=1S/C31H43N5OS/c1-2-13-35(14-3-1)24-25-5-7-26(8-6-25)29-23-30(31-28(33-29)11-22-38-31)32-12-4-15-34-16-9-27(10-17-34)36-18-20-37-21-19-36/h5-8,11,22-23,27H,1-4,9-10,12-21,24H2,(H,32,33).